The number of nitrogens with zero attached hydrogens (tertiary/aromatic N) is 3. The van der Waals surface area contributed by atoms with Crippen molar-refractivity contribution in [3.05, 3.63) is 41.0 Å². The van der Waals surface area contributed by atoms with Crippen LogP contribution < -0.4 is 5.43 Å². The van der Waals surface area contributed by atoms with Crippen LogP contribution in [0.1, 0.15) is 33.9 Å². The van der Waals surface area contributed by atoms with Crippen LogP contribution in [-0.2, 0) is 19.9 Å². The van der Waals surface area contributed by atoms with Gasteiger partial charge in [-0.3, -0.25) is 9.89 Å². The second-order valence-corrected chi connectivity index (χ2v) is 4.63. The highest BCUT2D eigenvalue weighted by molar-refractivity contribution is 5.94. The maximum Gasteiger partial charge on any atom is 0.292 e. The van der Waals surface area contributed by atoms with Gasteiger partial charge in [0.15, 0.2) is 5.69 Å². The van der Waals surface area contributed by atoms with Gasteiger partial charge in [-0.05, 0) is 31.4 Å². The standard InChI is InChI=1S/C13H15N5O/c1-18-7-3-4-9(18)8-14-17-13(19)12-10-5-2-6-11(10)15-16-12/h3-4,7-8H,2,5-6H2,1H3,(H,15,16)(H,17,19). The highest BCUT2D eigenvalue weighted by Gasteiger charge is 2.22. The normalized spacial score (nSPS) is 13.9. The molecule has 0 fully saturated rings. The quantitative estimate of drug-likeness (QED) is 0.636. The van der Waals surface area contributed by atoms with Gasteiger partial charge in [0.25, 0.3) is 5.91 Å². The molecule has 2 aromatic heterocycles. The van der Waals surface area contributed by atoms with E-state index in [1.54, 1.807) is 6.21 Å². The number of carbonyl (C=O) groups is 1. The van der Waals surface area contributed by atoms with Crippen molar-refractivity contribution < 1.29 is 4.79 Å². The molecule has 0 aromatic carbocycles. The summed E-state index contributed by atoms with van der Waals surface area (Å²) in [6.07, 6.45) is 6.50. The summed E-state index contributed by atoms with van der Waals surface area (Å²) < 4.78 is 1.92. The van der Waals surface area contributed by atoms with Crippen LogP contribution in [0.25, 0.3) is 0 Å². The number of aromatic nitrogens is 3. The number of aryl methyl sites for hydroxylation is 2. The largest absolute Gasteiger partial charge is 0.350 e. The highest BCUT2D eigenvalue weighted by Crippen LogP contribution is 2.22. The third-order valence-corrected chi connectivity index (χ3v) is 3.37. The molecule has 19 heavy (non-hydrogen) atoms. The molecule has 0 radical (unpaired) electrons. The smallest absolute Gasteiger partial charge is 0.292 e. The van der Waals surface area contributed by atoms with E-state index < -0.39 is 0 Å². The second-order valence-electron chi connectivity index (χ2n) is 4.63. The molecular formula is C13H15N5O. The summed E-state index contributed by atoms with van der Waals surface area (Å²) in [6, 6.07) is 3.84. The third-order valence-electron chi connectivity index (χ3n) is 3.37. The number of hydrogen-bond donors (Lipinski definition) is 2. The molecule has 0 saturated heterocycles. The number of hydrogen-bond acceptors (Lipinski definition) is 3. The fourth-order valence-electron chi connectivity index (χ4n) is 2.33. The summed E-state index contributed by atoms with van der Waals surface area (Å²) in [6.45, 7) is 0. The van der Waals surface area contributed by atoms with E-state index in [1.165, 1.54) is 0 Å². The number of aromatic amines is 1. The first-order valence-electron chi connectivity index (χ1n) is 6.26. The summed E-state index contributed by atoms with van der Waals surface area (Å²) >= 11 is 0. The predicted molar refractivity (Wildman–Crippen MR) is 71.1 cm³/mol. The zero-order valence-corrected chi connectivity index (χ0v) is 10.7. The van der Waals surface area contributed by atoms with Gasteiger partial charge < -0.3 is 4.57 Å². The van der Waals surface area contributed by atoms with Gasteiger partial charge in [-0.25, -0.2) is 5.43 Å². The van der Waals surface area contributed by atoms with E-state index in [9.17, 15) is 4.79 Å². The maximum absolute atomic E-state index is 12.0. The topological polar surface area (TPSA) is 75.1 Å². The Morgan fingerprint density at radius 2 is 2.47 bits per heavy atom. The molecule has 6 nitrogen and oxygen atoms in total. The summed E-state index contributed by atoms with van der Waals surface area (Å²) in [4.78, 5) is 12.0. The minimum atomic E-state index is -0.259. The van der Waals surface area contributed by atoms with Crippen LogP contribution in [0.2, 0.25) is 0 Å². The summed E-state index contributed by atoms with van der Waals surface area (Å²) in [7, 11) is 1.92. The number of hydrazone groups is 1. The van der Waals surface area contributed by atoms with Gasteiger partial charge in [0, 0.05) is 24.5 Å². The SMILES string of the molecule is Cn1cccc1C=NNC(=O)c1n[nH]c2c1CCC2. The van der Waals surface area contributed by atoms with Gasteiger partial charge in [-0.1, -0.05) is 0 Å². The number of H-pyrrole nitrogens is 1. The number of nitrogens with one attached hydrogen (secondary N) is 2. The van der Waals surface area contributed by atoms with Crippen LogP contribution in [0.3, 0.4) is 0 Å². The van der Waals surface area contributed by atoms with E-state index in [1.807, 2.05) is 29.9 Å². The molecule has 0 atom stereocenters. The van der Waals surface area contributed by atoms with Crippen molar-refractivity contribution in [1.82, 2.24) is 20.2 Å². The van der Waals surface area contributed by atoms with Crippen LogP contribution in [0.4, 0.5) is 0 Å². The molecule has 6 heteroatoms. The van der Waals surface area contributed by atoms with Crippen molar-refractivity contribution in [3.8, 4) is 0 Å². The average Bonchev–Trinajstić information content (AvgIpc) is 3.05. The van der Waals surface area contributed by atoms with E-state index in [0.717, 1.165) is 36.2 Å². The summed E-state index contributed by atoms with van der Waals surface area (Å²) in [5.74, 6) is -0.259. The molecule has 3 rings (SSSR count). The molecule has 2 aromatic rings. The molecule has 0 bridgehead atoms. The Morgan fingerprint density at radius 1 is 1.58 bits per heavy atom. The molecule has 0 aliphatic heterocycles. The molecule has 0 unspecified atom stereocenters. The molecule has 1 aliphatic carbocycles. The summed E-state index contributed by atoms with van der Waals surface area (Å²) in [5.41, 5.74) is 6.02. The molecule has 0 saturated carbocycles. The van der Waals surface area contributed by atoms with Gasteiger partial charge in [0.05, 0.1) is 11.9 Å². The first kappa shape index (κ1) is 11.7. The highest BCUT2D eigenvalue weighted by atomic mass is 16.2. The van der Waals surface area contributed by atoms with E-state index in [-0.39, 0.29) is 5.91 Å². The zero-order valence-electron chi connectivity index (χ0n) is 10.7. The fraction of sp³-hybridized carbons (Fsp3) is 0.308. The monoisotopic (exact) mass is 257 g/mol. The Morgan fingerprint density at radius 3 is 3.26 bits per heavy atom. The average molecular weight is 257 g/mol. The van der Waals surface area contributed by atoms with Crippen molar-refractivity contribution >= 4 is 12.1 Å². The number of carbonyl (C=O) groups excluding carboxylic acids is 1. The van der Waals surface area contributed by atoms with Gasteiger partial charge in [0.1, 0.15) is 0 Å². The summed E-state index contributed by atoms with van der Waals surface area (Å²) in [5, 5.41) is 10.9. The Balaban J connectivity index is 1.69. The third kappa shape index (κ3) is 2.16. The first-order chi connectivity index (χ1) is 9.25. The van der Waals surface area contributed by atoms with Gasteiger partial charge in [-0.15, -0.1) is 0 Å². The lowest BCUT2D eigenvalue weighted by Gasteiger charge is -1.98. The van der Waals surface area contributed by atoms with E-state index in [4.69, 9.17) is 0 Å². The molecule has 98 valence electrons. The Hall–Kier alpha value is -2.37. The first-order valence-corrected chi connectivity index (χ1v) is 6.26. The molecular weight excluding hydrogens is 242 g/mol. The number of fused-ring (bicyclic) bond motifs is 1. The van der Waals surface area contributed by atoms with Crippen LogP contribution in [0.5, 0.6) is 0 Å². The molecule has 1 aliphatic rings. The minimum absolute atomic E-state index is 0.259. The Bertz CT molecular complexity index is 637. The van der Waals surface area contributed by atoms with Crippen molar-refractivity contribution in [2.24, 2.45) is 12.1 Å². The van der Waals surface area contributed by atoms with Crippen molar-refractivity contribution in [1.29, 1.82) is 0 Å². The van der Waals surface area contributed by atoms with Crippen LogP contribution in [0, 0.1) is 0 Å². The lowest BCUT2D eigenvalue weighted by molar-refractivity contribution is 0.0949. The van der Waals surface area contributed by atoms with Gasteiger partial charge in [0.2, 0.25) is 0 Å². The molecule has 1 amide bonds. The number of rotatable bonds is 3. The van der Waals surface area contributed by atoms with E-state index >= 15 is 0 Å². The fourth-order valence-corrected chi connectivity index (χ4v) is 2.33. The van der Waals surface area contributed by atoms with E-state index in [2.05, 4.69) is 20.7 Å². The molecule has 2 N–H and O–H groups in total. The van der Waals surface area contributed by atoms with Crippen molar-refractivity contribution in [2.75, 3.05) is 0 Å². The Labute approximate surface area is 110 Å². The maximum atomic E-state index is 12.0. The Kier molecular flexibility index (Phi) is 2.91. The number of amides is 1. The lowest BCUT2D eigenvalue weighted by atomic mass is 10.2. The second kappa shape index (κ2) is 4.72. The lowest BCUT2D eigenvalue weighted by Crippen LogP contribution is -2.19. The van der Waals surface area contributed by atoms with Gasteiger partial charge in [-0.2, -0.15) is 10.2 Å². The molecule has 0 spiro atoms. The van der Waals surface area contributed by atoms with Crippen molar-refractivity contribution in [2.45, 2.75) is 19.3 Å². The van der Waals surface area contributed by atoms with Crippen LogP contribution in [-0.4, -0.2) is 26.9 Å². The predicted octanol–water partition coefficient (Wildman–Crippen LogP) is 1.00. The zero-order chi connectivity index (χ0) is 13.2. The van der Waals surface area contributed by atoms with Crippen molar-refractivity contribution in [3.63, 3.8) is 0 Å². The van der Waals surface area contributed by atoms with E-state index in [0.29, 0.717) is 5.69 Å². The van der Waals surface area contributed by atoms with Crippen LogP contribution >= 0.6 is 0 Å². The van der Waals surface area contributed by atoms with Crippen LogP contribution in [0.15, 0.2) is 23.4 Å². The molecule has 2 heterocycles. The van der Waals surface area contributed by atoms with Gasteiger partial charge >= 0.3 is 0 Å². The minimum Gasteiger partial charge on any atom is -0.350 e.